The van der Waals surface area contributed by atoms with Gasteiger partial charge in [-0.05, 0) is 50.6 Å². The number of fused-ring (bicyclic) bond motifs is 1. The number of H-pyrrole nitrogens is 1. The molecule has 168 valence electrons. The first-order valence-electron chi connectivity index (χ1n) is 9.87. The predicted octanol–water partition coefficient (Wildman–Crippen LogP) is 2.95. The zero-order valence-corrected chi connectivity index (χ0v) is 18.5. The van der Waals surface area contributed by atoms with Gasteiger partial charge in [0.1, 0.15) is 0 Å². The van der Waals surface area contributed by atoms with Gasteiger partial charge < -0.3 is 19.2 Å². The van der Waals surface area contributed by atoms with E-state index in [-0.39, 0.29) is 29.2 Å². The number of rotatable bonds is 8. The molecule has 0 fully saturated rings. The lowest BCUT2D eigenvalue weighted by Gasteiger charge is -2.14. The van der Waals surface area contributed by atoms with Crippen LogP contribution in [0.15, 0.2) is 51.1 Å². The lowest BCUT2D eigenvalue weighted by molar-refractivity contribution is -0.149. The maximum atomic E-state index is 12.6. The highest BCUT2D eigenvalue weighted by Gasteiger charge is 2.15. The van der Waals surface area contributed by atoms with Crippen molar-refractivity contribution in [1.29, 1.82) is 0 Å². The smallest absolute Gasteiger partial charge is 0.349 e. The summed E-state index contributed by atoms with van der Waals surface area (Å²) in [4.78, 5) is 39.3. The zero-order chi connectivity index (χ0) is 23.3. The topological polar surface area (TPSA) is 112 Å². The summed E-state index contributed by atoms with van der Waals surface area (Å²) in [6, 6.07) is 9.73. The van der Waals surface area contributed by atoms with Crippen molar-refractivity contribution in [3.05, 3.63) is 67.8 Å². The minimum absolute atomic E-state index is 0.162. The Labute approximate surface area is 188 Å². The molecule has 0 unspecified atom stereocenters. The van der Waals surface area contributed by atoms with Gasteiger partial charge in [0.2, 0.25) is 0 Å². The average molecular weight is 460 g/mol. The lowest BCUT2D eigenvalue weighted by atomic mass is 10.2. The second kappa shape index (κ2) is 10.1. The highest BCUT2D eigenvalue weighted by molar-refractivity contribution is 6.32. The van der Waals surface area contributed by atoms with Crippen LogP contribution in [-0.2, 0) is 9.53 Å². The molecule has 1 heterocycles. The van der Waals surface area contributed by atoms with Crippen molar-refractivity contribution in [1.82, 2.24) is 9.66 Å². The van der Waals surface area contributed by atoms with E-state index in [4.69, 9.17) is 25.8 Å². The summed E-state index contributed by atoms with van der Waals surface area (Å²) in [5, 5.41) is 4.50. The van der Waals surface area contributed by atoms with Crippen LogP contribution >= 0.6 is 11.6 Å². The van der Waals surface area contributed by atoms with E-state index in [0.29, 0.717) is 23.1 Å². The van der Waals surface area contributed by atoms with Crippen LogP contribution in [0.1, 0.15) is 26.3 Å². The molecule has 0 aliphatic heterocycles. The van der Waals surface area contributed by atoms with E-state index in [9.17, 15) is 14.4 Å². The van der Waals surface area contributed by atoms with E-state index in [0.717, 1.165) is 4.68 Å². The van der Waals surface area contributed by atoms with Crippen LogP contribution in [0, 0.1) is 0 Å². The number of aromatic nitrogens is 2. The number of esters is 1. The molecular formula is C22H22ClN3O6. The van der Waals surface area contributed by atoms with Gasteiger partial charge in [0, 0.05) is 0 Å². The Hall–Kier alpha value is -3.59. The molecular weight excluding hydrogens is 438 g/mol. The molecule has 9 nitrogen and oxygen atoms in total. The fraction of sp³-hybridized carbons (Fsp3) is 0.273. The first kappa shape index (κ1) is 23.1. The first-order valence-corrected chi connectivity index (χ1v) is 10.2. The van der Waals surface area contributed by atoms with Gasteiger partial charge in [-0.1, -0.05) is 23.7 Å². The Kier molecular flexibility index (Phi) is 7.32. The second-order valence-electron chi connectivity index (χ2n) is 6.93. The van der Waals surface area contributed by atoms with Crippen LogP contribution in [-0.4, -0.2) is 41.2 Å². The minimum atomic E-state index is -0.676. The number of halogens is 1. The van der Waals surface area contributed by atoms with E-state index < -0.39 is 17.2 Å². The number of nitrogens with one attached hydrogen (secondary N) is 1. The summed E-state index contributed by atoms with van der Waals surface area (Å²) in [5.74, 6) is -0.0929. The highest BCUT2D eigenvalue weighted by Crippen LogP contribution is 2.36. The van der Waals surface area contributed by atoms with Gasteiger partial charge in [0.15, 0.2) is 18.1 Å². The molecule has 0 saturated heterocycles. The number of carbonyl (C=O) groups is 1. The van der Waals surface area contributed by atoms with E-state index in [1.54, 1.807) is 51.1 Å². The van der Waals surface area contributed by atoms with Crippen LogP contribution < -0.4 is 20.7 Å². The molecule has 10 heteroatoms. The van der Waals surface area contributed by atoms with Crippen LogP contribution in [0.5, 0.6) is 11.5 Å². The summed E-state index contributed by atoms with van der Waals surface area (Å²) < 4.78 is 16.8. The Balaban J connectivity index is 1.92. The maximum absolute atomic E-state index is 12.6. The van der Waals surface area contributed by atoms with Gasteiger partial charge in [-0.2, -0.15) is 5.10 Å². The maximum Gasteiger partial charge on any atom is 0.349 e. The molecule has 0 aliphatic rings. The van der Waals surface area contributed by atoms with Gasteiger partial charge >= 0.3 is 11.7 Å². The zero-order valence-electron chi connectivity index (χ0n) is 17.8. The van der Waals surface area contributed by atoms with Crippen molar-refractivity contribution >= 4 is 34.7 Å². The molecule has 2 aromatic carbocycles. The van der Waals surface area contributed by atoms with Gasteiger partial charge in [0.05, 0.1) is 34.9 Å². The van der Waals surface area contributed by atoms with E-state index in [1.807, 2.05) is 0 Å². The average Bonchev–Trinajstić information content (AvgIpc) is 2.72. The van der Waals surface area contributed by atoms with Crippen molar-refractivity contribution in [2.75, 3.05) is 13.2 Å². The number of hydrogen-bond acceptors (Lipinski definition) is 7. The Morgan fingerprint density at radius 2 is 1.97 bits per heavy atom. The van der Waals surface area contributed by atoms with Crippen molar-refractivity contribution in [2.45, 2.75) is 26.9 Å². The Morgan fingerprint density at radius 3 is 2.69 bits per heavy atom. The normalized spacial score (nSPS) is 11.3. The Morgan fingerprint density at radius 1 is 1.22 bits per heavy atom. The van der Waals surface area contributed by atoms with Gasteiger partial charge in [0.25, 0.3) is 5.56 Å². The summed E-state index contributed by atoms with van der Waals surface area (Å²) >= 11 is 6.33. The van der Waals surface area contributed by atoms with Crippen LogP contribution in [0.4, 0.5) is 0 Å². The molecule has 0 spiro atoms. The molecule has 1 aromatic heterocycles. The second-order valence-corrected chi connectivity index (χ2v) is 7.33. The molecule has 3 rings (SSSR count). The van der Waals surface area contributed by atoms with Crippen LogP contribution in [0.3, 0.4) is 0 Å². The monoisotopic (exact) mass is 459 g/mol. The number of aromatic amines is 1. The Bertz CT molecular complexity index is 1280. The van der Waals surface area contributed by atoms with E-state index in [2.05, 4.69) is 10.1 Å². The number of carbonyl (C=O) groups excluding carboxylic acids is 1. The van der Waals surface area contributed by atoms with E-state index >= 15 is 0 Å². The number of para-hydroxylation sites is 1. The fourth-order valence-electron chi connectivity index (χ4n) is 2.88. The molecule has 0 radical (unpaired) electrons. The highest BCUT2D eigenvalue weighted by atomic mass is 35.5. The first-order chi connectivity index (χ1) is 15.3. The summed E-state index contributed by atoms with van der Waals surface area (Å²) in [6.45, 7) is 5.22. The van der Waals surface area contributed by atoms with Crippen molar-refractivity contribution in [3.63, 3.8) is 0 Å². The standard InChI is InChI=1S/C22H22ClN3O6/c1-4-30-18-10-14(9-16(23)20(18)31-12-19(27)32-13(2)3)11-24-26-21(28)15-7-5-6-8-17(15)25-22(26)29/h5-11,13H,4,12H2,1-3H3,(H,25,29). The molecule has 3 aromatic rings. The summed E-state index contributed by atoms with van der Waals surface area (Å²) in [5.41, 5.74) is -0.354. The number of ether oxygens (including phenoxy) is 3. The van der Waals surface area contributed by atoms with Crippen LogP contribution in [0.2, 0.25) is 5.02 Å². The number of hydrogen-bond donors (Lipinski definition) is 1. The van der Waals surface area contributed by atoms with Gasteiger partial charge in [-0.3, -0.25) is 4.79 Å². The third-order valence-electron chi connectivity index (χ3n) is 4.14. The number of benzene rings is 2. The summed E-state index contributed by atoms with van der Waals surface area (Å²) in [6.07, 6.45) is 1.03. The van der Waals surface area contributed by atoms with Crippen molar-refractivity contribution in [2.24, 2.45) is 5.10 Å². The lowest BCUT2D eigenvalue weighted by Crippen LogP contribution is -2.32. The molecule has 0 aliphatic carbocycles. The minimum Gasteiger partial charge on any atom is -0.490 e. The quantitative estimate of drug-likeness (QED) is 0.409. The molecule has 1 N–H and O–H groups in total. The SMILES string of the molecule is CCOc1cc(C=Nn2c(=O)[nH]c3ccccc3c2=O)cc(Cl)c1OCC(=O)OC(C)C. The van der Waals surface area contributed by atoms with Crippen molar-refractivity contribution < 1.29 is 19.0 Å². The third kappa shape index (κ3) is 5.36. The molecule has 32 heavy (non-hydrogen) atoms. The van der Waals surface area contributed by atoms with Crippen LogP contribution in [0.25, 0.3) is 10.9 Å². The number of nitrogens with zero attached hydrogens (tertiary/aromatic N) is 2. The molecule has 0 atom stereocenters. The summed E-state index contributed by atoms with van der Waals surface area (Å²) in [7, 11) is 0. The fourth-order valence-corrected chi connectivity index (χ4v) is 3.15. The molecule has 0 saturated carbocycles. The van der Waals surface area contributed by atoms with Gasteiger partial charge in [-0.15, -0.1) is 4.68 Å². The predicted molar refractivity (Wildman–Crippen MR) is 121 cm³/mol. The van der Waals surface area contributed by atoms with Gasteiger partial charge in [-0.25, -0.2) is 9.59 Å². The molecule has 0 amide bonds. The van der Waals surface area contributed by atoms with E-state index in [1.165, 1.54) is 12.3 Å². The van der Waals surface area contributed by atoms with Crippen molar-refractivity contribution in [3.8, 4) is 11.5 Å². The largest absolute Gasteiger partial charge is 0.490 e. The third-order valence-corrected chi connectivity index (χ3v) is 4.42. The molecule has 0 bridgehead atoms.